The fourth-order valence-corrected chi connectivity index (χ4v) is 1.54. The van der Waals surface area contributed by atoms with Gasteiger partial charge in [-0.25, -0.2) is 0 Å². The molecule has 0 atom stereocenters. The van der Waals surface area contributed by atoms with Crippen molar-refractivity contribution in [2.75, 3.05) is 0 Å². The van der Waals surface area contributed by atoms with Gasteiger partial charge < -0.3 is 4.74 Å². The van der Waals surface area contributed by atoms with Crippen molar-refractivity contribution in [3.63, 3.8) is 0 Å². The first kappa shape index (κ1) is 12.7. The summed E-state index contributed by atoms with van der Waals surface area (Å²) in [6, 6.07) is 8.88. The Morgan fingerprint density at radius 3 is 2.39 bits per heavy atom. The average molecular weight is 274 g/mol. The molecule has 1 aromatic carbocycles. The SMILES string of the molecule is FC(F)(F)Oc1ccccc1-c1ccc(Cl)cn1. The van der Waals surface area contributed by atoms with Crippen LogP contribution < -0.4 is 4.74 Å². The number of benzene rings is 1. The molecule has 0 aliphatic carbocycles. The molecule has 0 bridgehead atoms. The lowest BCUT2D eigenvalue weighted by Crippen LogP contribution is -2.17. The van der Waals surface area contributed by atoms with E-state index < -0.39 is 6.36 Å². The second-order valence-corrected chi connectivity index (χ2v) is 3.84. The second-order valence-electron chi connectivity index (χ2n) is 3.41. The summed E-state index contributed by atoms with van der Waals surface area (Å²) in [7, 11) is 0. The molecule has 0 aliphatic heterocycles. The highest BCUT2D eigenvalue weighted by Gasteiger charge is 2.32. The van der Waals surface area contributed by atoms with Gasteiger partial charge in [0, 0.05) is 11.8 Å². The lowest BCUT2D eigenvalue weighted by atomic mass is 10.1. The van der Waals surface area contributed by atoms with Crippen LogP contribution in [0.5, 0.6) is 5.75 Å². The number of halogens is 4. The van der Waals surface area contributed by atoms with Crippen molar-refractivity contribution in [1.29, 1.82) is 0 Å². The molecular weight excluding hydrogens is 267 g/mol. The Bertz CT molecular complexity index is 540. The smallest absolute Gasteiger partial charge is 0.405 e. The quantitative estimate of drug-likeness (QED) is 0.814. The molecule has 0 saturated heterocycles. The largest absolute Gasteiger partial charge is 0.573 e. The molecule has 94 valence electrons. The van der Waals surface area contributed by atoms with E-state index in [-0.39, 0.29) is 11.3 Å². The van der Waals surface area contributed by atoms with Crippen LogP contribution in [0.2, 0.25) is 5.02 Å². The minimum absolute atomic E-state index is 0.256. The Morgan fingerprint density at radius 1 is 1.06 bits per heavy atom. The third-order valence-corrected chi connectivity index (χ3v) is 2.34. The molecule has 2 nitrogen and oxygen atoms in total. The maximum atomic E-state index is 12.2. The molecular formula is C12H7ClF3NO. The van der Waals surface area contributed by atoms with Gasteiger partial charge in [0.25, 0.3) is 0 Å². The third-order valence-electron chi connectivity index (χ3n) is 2.12. The van der Waals surface area contributed by atoms with Crippen molar-refractivity contribution in [1.82, 2.24) is 4.98 Å². The van der Waals surface area contributed by atoms with Gasteiger partial charge in [-0.3, -0.25) is 4.98 Å². The van der Waals surface area contributed by atoms with Crippen molar-refractivity contribution in [3.05, 3.63) is 47.6 Å². The number of hydrogen-bond acceptors (Lipinski definition) is 2. The number of hydrogen-bond donors (Lipinski definition) is 0. The van der Waals surface area contributed by atoms with Gasteiger partial charge in [0.2, 0.25) is 0 Å². The maximum Gasteiger partial charge on any atom is 0.573 e. The predicted molar refractivity (Wildman–Crippen MR) is 61.4 cm³/mol. The summed E-state index contributed by atoms with van der Waals surface area (Å²) < 4.78 is 40.7. The number of ether oxygens (including phenoxy) is 1. The number of alkyl halides is 3. The Labute approximate surface area is 106 Å². The molecule has 0 fully saturated rings. The van der Waals surface area contributed by atoms with Crippen LogP contribution in [0.4, 0.5) is 13.2 Å². The monoisotopic (exact) mass is 273 g/mol. The van der Waals surface area contributed by atoms with Crippen LogP contribution in [0.15, 0.2) is 42.6 Å². The van der Waals surface area contributed by atoms with Crippen molar-refractivity contribution >= 4 is 11.6 Å². The number of nitrogens with zero attached hydrogens (tertiary/aromatic N) is 1. The van der Waals surface area contributed by atoms with E-state index in [9.17, 15) is 13.2 Å². The van der Waals surface area contributed by atoms with Crippen molar-refractivity contribution in [2.45, 2.75) is 6.36 Å². The normalized spacial score (nSPS) is 11.3. The first-order valence-corrected chi connectivity index (χ1v) is 5.30. The highest BCUT2D eigenvalue weighted by atomic mass is 35.5. The first-order chi connectivity index (χ1) is 8.46. The summed E-state index contributed by atoms with van der Waals surface area (Å²) in [4.78, 5) is 3.96. The van der Waals surface area contributed by atoms with Crippen LogP contribution in [0.3, 0.4) is 0 Å². The van der Waals surface area contributed by atoms with Gasteiger partial charge in [-0.1, -0.05) is 23.7 Å². The molecule has 1 aromatic heterocycles. The van der Waals surface area contributed by atoms with E-state index in [0.29, 0.717) is 10.7 Å². The fourth-order valence-electron chi connectivity index (χ4n) is 1.43. The first-order valence-electron chi connectivity index (χ1n) is 4.92. The number of aromatic nitrogens is 1. The van der Waals surface area contributed by atoms with E-state index in [1.54, 1.807) is 12.1 Å². The van der Waals surface area contributed by atoms with E-state index in [1.807, 2.05) is 0 Å². The minimum atomic E-state index is -4.73. The van der Waals surface area contributed by atoms with Gasteiger partial charge in [0.15, 0.2) is 0 Å². The lowest BCUT2D eigenvalue weighted by molar-refractivity contribution is -0.274. The highest BCUT2D eigenvalue weighted by molar-refractivity contribution is 6.30. The van der Waals surface area contributed by atoms with Crippen LogP contribution in [-0.2, 0) is 0 Å². The van der Waals surface area contributed by atoms with Gasteiger partial charge in [-0.15, -0.1) is 13.2 Å². The Morgan fingerprint density at radius 2 is 1.78 bits per heavy atom. The third kappa shape index (κ3) is 3.13. The number of para-hydroxylation sites is 1. The topological polar surface area (TPSA) is 22.1 Å². The number of rotatable bonds is 2. The van der Waals surface area contributed by atoms with Gasteiger partial charge >= 0.3 is 6.36 Å². The van der Waals surface area contributed by atoms with Gasteiger partial charge in [-0.2, -0.15) is 0 Å². The zero-order chi connectivity index (χ0) is 13.2. The molecule has 0 N–H and O–H groups in total. The summed E-state index contributed by atoms with van der Waals surface area (Å²) >= 11 is 5.67. The molecule has 6 heteroatoms. The molecule has 0 radical (unpaired) electrons. The molecule has 0 unspecified atom stereocenters. The lowest BCUT2D eigenvalue weighted by Gasteiger charge is -2.12. The van der Waals surface area contributed by atoms with Crippen LogP contribution in [0.25, 0.3) is 11.3 Å². The molecule has 1 heterocycles. The molecule has 0 saturated carbocycles. The van der Waals surface area contributed by atoms with E-state index in [1.165, 1.54) is 30.5 Å². The van der Waals surface area contributed by atoms with E-state index in [4.69, 9.17) is 11.6 Å². The Hall–Kier alpha value is -1.75. The molecule has 0 amide bonds. The molecule has 18 heavy (non-hydrogen) atoms. The molecule has 0 spiro atoms. The molecule has 2 rings (SSSR count). The molecule has 0 aliphatic rings. The highest BCUT2D eigenvalue weighted by Crippen LogP contribution is 2.32. The zero-order valence-corrected chi connectivity index (χ0v) is 9.66. The van der Waals surface area contributed by atoms with Crippen LogP contribution >= 0.6 is 11.6 Å². The zero-order valence-electron chi connectivity index (χ0n) is 8.91. The van der Waals surface area contributed by atoms with Crippen LogP contribution in [0, 0.1) is 0 Å². The van der Waals surface area contributed by atoms with Crippen molar-refractivity contribution in [2.24, 2.45) is 0 Å². The van der Waals surface area contributed by atoms with Gasteiger partial charge in [0.05, 0.1) is 10.7 Å². The summed E-state index contributed by atoms with van der Waals surface area (Å²) in [6.07, 6.45) is -3.37. The molecule has 2 aromatic rings. The summed E-state index contributed by atoms with van der Waals surface area (Å²) in [5, 5.41) is 0.410. The summed E-state index contributed by atoms with van der Waals surface area (Å²) in [6.45, 7) is 0. The van der Waals surface area contributed by atoms with E-state index in [2.05, 4.69) is 9.72 Å². The predicted octanol–water partition coefficient (Wildman–Crippen LogP) is 4.30. The number of pyridine rings is 1. The second kappa shape index (κ2) is 4.86. The van der Waals surface area contributed by atoms with Gasteiger partial charge in [-0.05, 0) is 24.3 Å². The average Bonchev–Trinajstić information content (AvgIpc) is 2.29. The van der Waals surface area contributed by atoms with E-state index >= 15 is 0 Å². The summed E-state index contributed by atoms with van der Waals surface area (Å²) in [5.41, 5.74) is 0.616. The fraction of sp³-hybridized carbons (Fsp3) is 0.0833. The van der Waals surface area contributed by atoms with Gasteiger partial charge in [0.1, 0.15) is 5.75 Å². The summed E-state index contributed by atoms with van der Waals surface area (Å²) in [5.74, 6) is -0.292. The maximum absolute atomic E-state index is 12.2. The van der Waals surface area contributed by atoms with Crippen LogP contribution in [-0.4, -0.2) is 11.3 Å². The van der Waals surface area contributed by atoms with Crippen LogP contribution in [0.1, 0.15) is 0 Å². The minimum Gasteiger partial charge on any atom is -0.405 e. The van der Waals surface area contributed by atoms with Crippen molar-refractivity contribution < 1.29 is 17.9 Å². The Kier molecular flexibility index (Phi) is 3.43. The van der Waals surface area contributed by atoms with Crippen molar-refractivity contribution in [3.8, 4) is 17.0 Å². The standard InChI is InChI=1S/C12H7ClF3NO/c13-8-5-6-10(17-7-8)9-3-1-2-4-11(9)18-12(14,15)16/h1-7H. The van der Waals surface area contributed by atoms with E-state index in [0.717, 1.165) is 0 Å². The Balaban J connectivity index is 2.41.